The number of piperidine rings is 1. The molecule has 0 aliphatic carbocycles. The van der Waals surface area contributed by atoms with Gasteiger partial charge in [0.1, 0.15) is 5.84 Å². The van der Waals surface area contributed by atoms with Crippen LogP contribution in [-0.4, -0.2) is 23.8 Å². The maximum Gasteiger partial charge on any atom is 0.101 e. The van der Waals surface area contributed by atoms with Crippen molar-refractivity contribution in [2.75, 3.05) is 13.1 Å². The molecule has 2 heteroatoms. The average molecular weight is 196 g/mol. The molecule has 1 N–H and O–H groups in total. The van der Waals surface area contributed by atoms with Crippen LogP contribution in [0.2, 0.25) is 0 Å². The lowest BCUT2D eigenvalue weighted by atomic mass is 9.81. The highest BCUT2D eigenvalue weighted by molar-refractivity contribution is 5.84. The number of amidine groups is 1. The Morgan fingerprint density at radius 3 is 1.93 bits per heavy atom. The summed E-state index contributed by atoms with van der Waals surface area (Å²) in [5.74, 6) is 0.799. The van der Waals surface area contributed by atoms with Gasteiger partial charge in [-0.25, -0.2) is 0 Å². The minimum absolute atomic E-state index is 0.00147. The van der Waals surface area contributed by atoms with E-state index >= 15 is 0 Å². The zero-order chi connectivity index (χ0) is 11.0. The van der Waals surface area contributed by atoms with E-state index in [2.05, 4.69) is 39.5 Å². The highest BCUT2D eigenvalue weighted by Crippen LogP contribution is 2.31. The molecule has 0 spiro atoms. The monoisotopic (exact) mass is 196 g/mol. The summed E-state index contributed by atoms with van der Waals surface area (Å²) in [6.07, 6.45) is 2.43. The molecule has 1 aliphatic heterocycles. The fraction of sp³-hybridized carbons (Fsp3) is 0.917. The lowest BCUT2D eigenvalue weighted by molar-refractivity contribution is 0.179. The number of hydrogen-bond acceptors (Lipinski definition) is 1. The molecule has 1 aliphatic rings. The molecule has 0 saturated carbocycles. The molecule has 1 fully saturated rings. The van der Waals surface area contributed by atoms with Crippen molar-refractivity contribution in [3.05, 3.63) is 0 Å². The molecule has 1 rings (SSSR count). The third-order valence-electron chi connectivity index (χ3n) is 3.14. The van der Waals surface area contributed by atoms with E-state index in [1.165, 1.54) is 12.8 Å². The summed E-state index contributed by atoms with van der Waals surface area (Å²) in [6, 6.07) is 0. The zero-order valence-electron chi connectivity index (χ0n) is 10.3. The van der Waals surface area contributed by atoms with E-state index in [9.17, 15) is 0 Å². The van der Waals surface area contributed by atoms with Crippen LogP contribution in [0.1, 0.15) is 47.5 Å². The number of rotatable bonds is 0. The minimum atomic E-state index is 0.00147. The molecule has 0 radical (unpaired) electrons. The third-order valence-corrected chi connectivity index (χ3v) is 3.14. The highest BCUT2D eigenvalue weighted by atomic mass is 15.2. The van der Waals surface area contributed by atoms with E-state index in [-0.39, 0.29) is 5.41 Å². The van der Waals surface area contributed by atoms with Gasteiger partial charge in [0.25, 0.3) is 0 Å². The van der Waals surface area contributed by atoms with Crippen molar-refractivity contribution in [1.82, 2.24) is 4.90 Å². The van der Waals surface area contributed by atoms with Crippen LogP contribution in [0, 0.1) is 16.2 Å². The standard InChI is InChI=1S/C12H24N2/c1-11(2,3)10(13)14-8-6-12(4,5)7-9-14/h13H,6-9H2,1-5H3. The molecule has 0 aromatic rings. The van der Waals surface area contributed by atoms with Gasteiger partial charge in [0.2, 0.25) is 0 Å². The van der Waals surface area contributed by atoms with E-state index < -0.39 is 0 Å². The summed E-state index contributed by atoms with van der Waals surface area (Å²) < 4.78 is 0. The SMILES string of the molecule is CC1(C)CCN(C(=N)C(C)(C)C)CC1. The van der Waals surface area contributed by atoms with Crippen molar-refractivity contribution in [2.45, 2.75) is 47.5 Å². The summed E-state index contributed by atoms with van der Waals surface area (Å²) in [4.78, 5) is 2.24. The number of hydrogen-bond donors (Lipinski definition) is 1. The molecule has 14 heavy (non-hydrogen) atoms. The summed E-state index contributed by atoms with van der Waals surface area (Å²) in [7, 11) is 0. The van der Waals surface area contributed by atoms with Gasteiger partial charge < -0.3 is 4.90 Å². The summed E-state index contributed by atoms with van der Waals surface area (Å²) in [6.45, 7) is 13.1. The van der Waals surface area contributed by atoms with Gasteiger partial charge in [-0.15, -0.1) is 0 Å². The van der Waals surface area contributed by atoms with E-state index in [4.69, 9.17) is 5.41 Å². The van der Waals surface area contributed by atoms with E-state index in [1.807, 2.05) is 0 Å². The minimum Gasteiger partial charge on any atom is -0.360 e. The fourth-order valence-corrected chi connectivity index (χ4v) is 1.81. The van der Waals surface area contributed by atoms with Crippen molar-refractivity contribution in [1.29, 1.82) is 5.41 Å². The van der Waals surface area contributed by atoms with Gasteiger partial charge in [-0.1, -0.05) is 34.6 Å². The van der Waals surface area contributed by atoms with Crippen LogP contribution in [0.4, 0.5) is 0 Å². The Balaban J connectivity index is 2.55. The van der Waals surface area contributed by atoms with Gasteiger partial charge in [-0.05, 0) is 18.3 Å². The van der Waals surface area contributed by atoms with E-state index in [1.54, 1.807) is 0 Å². The van der Waals surface area contributed by atoms with Gasteiger partial charge >= 0.3 is 0 Å². The normalized spacial score (nSPS) is 22.2. The predicted molar refractivity (Wildman–Crippen MR) is 61.8 cm³/mol. The first kappa shape index (κ1) is 11.5. The van der Waals surface area contributed by atoms with Crippen LogP contribution >= 0.6 is 0 Å². The Labute approximate surface area is 88.2 Å². The molecule has 2 nitrogen and oxygen atoms in total. The molecule has 1 saturated heterocycles. The smallest absolute Gasteiger partial charge is 0.101 e. The Bertz CT molecular complexity index is 213. The molecule has 1 heterocycles. The van der Waals surface area contributed by atoms with Gasteiger partial charge in [0.05, 0.1) is 0 Å². The van der Waals surface area contributed by atoms with Crippen LogP contribution in [0.5, 0.6) is 0 Å². The maximum absolute atomic E-state index is 8.09. The van der Waals surface area contributed by atoms with Crippen LogP contribution in [0.15, 0.2) is 0 Å². The highest BCUT2D eigenvalue weighted by Gasteiger charge is 2.30. The van der Waals surface area contributed by atoms with Crippen LogP contribution in [-0.2, 0) is 0 Å². The lowest BCUT2D eigenvalue weighted by Gasteiger charge is -2.41. The molecule has 0 bridgehead atoms. The van der Waals surface area contributed by atoms with Gasteiger partial charge in [0, 0.05) is 18.5 Å². The molecule has 82 valence electrons. The number of nitrogens with one attached hydrogen (secondary N) is 1. The first-order valence-corrected chi connectivity index (χ1v) is 5.56. The fourth-order valence-electron chi connectivity index (χ4n) is 1.81. The average Bonchev–Trinajstić information content (AvgIpc) is 2.01. The third kappa shape index (κ3) is 2.73. The van der Waals surface area contributed by atoms with Crippen molar-refractivity contribution in [2.24, 2.45) is 10.8 Å². The van der Waals surface area contributed by atoms with Gasteiger partial charge in [0.15, 0.2) is 0 Å². The summed E-state index contributed by atoms with van der Waals surface area (Å²) >= 11 is 0. The molecule has 0 amide bonds. The summed E-state index contributed by atoms with van der Waals surface area (Å²) in [5, 5.41) is 8.09. The zero-order valence-corrected chi connectivity index (χ0v) is 10.3. The second-order valence-corrected chi connectivity index (χ2v) is 6.25. The number of likely N-dealkylation sites (tertiary alicyclic amines) is 1. The van der Waals surface area contributed by atoms with Crippen molar-refractivity contribution in [3.8, 4) is 0 Å². The largest absolute Gasteiger partial charge is 0.360 e. The topological polar surface area (TPSA) is 27.1 Å². The lowest BCUT2D eigenvalue weighted by Crippen LogP contribution is -2.45. The first-order chi connectivity index (χ1) is 6.22. The van der Waals surface area contributed by atoms with E-state index in [0.29, 0.717) is 5.41 Å². The van der Waals surface area contributed by atoms with Crippen molar-refractivity contribution >= 4 is 5.84 Å². The number of nitrogens with zero attached hydrogens (tertiary/aromatic N) is 1. The predicted octanol–water partition coefficient (Wildman–Crippen LogP) is 3.13. The molecule has 0 aromatic carbocycles. The second kappa shape index (κ2) is 3.56. The Hall–Kier alpha value is -0.530. The summed E-state index contributed by atoms with van der Waals surface area (Å²) in [5.41, 5.74) is 0.482. The van der Waals surface area contributed by atoms with Crippen LogP contribution < -0.4 is 0 Å². The molecule has 0 aromatic heterocycles. The van der Waals surface area contributed by atoms with Crippen LogP contribution in [0.25, 0.3) is 0 Å². The second-order valence-electron chi connectivity index (χ2n) is 6.25. The van der Waals surface area contributed by atoms with Gasteiger partial charge in [-0.2, -0.15) is 0 Å². The molecular formula is C12H24N2. The molecule has 0 unspecified atom stereocenters. The Morgan fingerprint density at radius 2 is 1.57 bits per heavy atom. The Kier molecular flexibility index (Phi) is 2.93. The Morgan fingerprint density at radius 1 is 1.14 bits per heavy atom. The maximum atomic E-state index is 8.09. The van der Waals surface area contributed by atoms with E-state index in [0.717, 1.165) is 18.9 Å². The molecule has 0 atom stereocenters. The van der Waals surface area contributed by atoms with Crippen molar-refractivity contribution in [3.63, 3.8) is 0 Å². The molecular weight excluding hydrogens is 172 g/mol. The first-order valence-electron chi connectivity index (χ1n) is 5.56. The van der Waals surface area contributed by atoms with Crippen molar-refractivity contribution < 1.29 is 0 Å². The van der Waals surface area contributed by atoms with Gasteiger partial charge in [-0.3, -0.25) is 5.41 Å². The van der Waals surface area contributed by atoms with Crippen LogP contribution in [0.3, 0.4) is 0 Å². The quantitative estimate of drug-likeness (QED) is 0.468.